The third kappa shape index (κ3) is 3.28. The van der Waals surface area contributed by atoms with Gasteiger partial charge in [0.15, 0.2) is 6.61 Å². The minimum absolute atomic E-state index is 0.126. The molecule has 0 aliphatic heterocycles. The van der Waals surface area contributed by atoms with Gasteiger partial charge in [0.2, 0.25) is 5.78 Å². The molecule has 6 heteroatoms. The maximum Gasteiger partial charge on any atom is 0.339 e. The first kappa shape index (κ1) is 20.7. The van der Waals surface area contributed by atoms with Crippen molar-refractivity contribution in [2.45, 2.75) is 27.7 Å². The first-order valence-electron chi connectivity index (χ1n) is 10.1. The summed E-state index contributed by atoms with van der Waals surface area (Å²) in [7, 11) is 3.53. The fraction of sp³-hybridized carbons (Fsp3) is 0.280. The number of benzene rings is 2. The van der Waals surface area contributed by atoms with Crippen LogP contribution in [-0.2, 0) is 7.05 Å². The Morgan fingerprint density at radius 3 is 2.45 bits per heavy atom. The maximum atomic E-state index is 13.1. The SMILES string of the molecule is COc1ccc2c(c1)c(C(=O)COc1ccc3c(C)c(C)c(=O)oc3c1C)c(C)n2C. The van der Waals surface area contributed by atoms with E-state index in [9.17, 15) is 9.59 Å². The van der Waals surface area contributed by atoms with Crippen LogP contribution in [0.3, 0.4) is 0 Å². The zero-order valence-corrected chi connectivity index (χ0v) is 18.6. The van der Waals surface area contributed by atoms with Gasteiger partial charge in [-0.15, -0.1) is 0 Å². The van der Waals surface area contributed by atoms with Crippen LogP contribution in [0.15, 0.2) is 39.5 Å². The van der Waals surface area contributed by atoms with Crippen molar-refractivity contribution in [2.24, 2.45) is 7.05 Å². The summed E-state index contributed by atoms with van der Waals surface area (Å²) in [4.78, 5) is 25.3. The number of rotatable bonds is 5. The van der Waals surface area contributed by atoms with Crippen LogP contribution < -0.4 is 15.1 Å². The highest BCUT2D eigenvalue weighted by Crippen LogP contribution is 2.31. The Labute approximate surface area is 180 Å². The van der Waals surface area contributed by atoms with Crippen LogP contribution in [-0.4, -0.2) is 24.1 Å². The van der Waals surface area contributed by atoms with Gasteiger partial charge in [-0.3, -0.25) is 4.79 Å². The summed E-state index contributed by atoms with van der Waals surface area (Å²) in [6, 6.07) is 9.37. The Morgan fingerprint density at radius 2 is 1.74 bits per heavy atom. The van der Waals surface area contributed by atoms with E-state index in [-0.39, 0.29) is 18.0 Å². The van der Waals surface area contributed by atoms with Crippen molar-refractivity contribution in [3.05, 3.63) is 68.7 Å². The number of hydrogen-bond donors (Lipinski definition) is 0. The van der Waals surface area contributed by atoms with Crippen molar-refractivity contribution >= 4 is 27.7 Å². The Hall–Kier alpha value is -3.54. The van der Waals surface area contributed by atoms with Gasteiger partial charge in [-0.2, -0.15) is 0 Å². The van der Waals surface area contributed by atoms with Crippen molar-refractivity contribution in [2.75, 3.05) is 13.7 Å². The molecule has 0 aliphatic rings. The third-order valence-corrected chi connectivity index (χ3v) is 6.16. The molecule has 0 fully saturated rings. The normalized spacial score (nSPS) is 11.3. The van der Waals surface area contributed by atoms with E-state index in [0.29, 0.717) is 33.8 Å². The van der Waals surface area contributed by atoms with Crippen molar-refractivity contribution in [1.29, 1.82) is 0 Å². The molecular formula is C25H25NO5. The molecule has 0 N–H and O–H groups in total. The second kappa shape index (κ2) is 7.61. The van der Waals surface area contributed by atoms with E-state index in [1.165, 1.54) is 0 Å². The largest absolute Gasteiger partial charge is 0.497 e. The fourth-order valence-corrected chi connectivity index (χ4v) is 4.03. The van der Waals surface area contributed by atoms with Gasteiger partial charge < -0.3 is 18.5 Å². The standard InChI is InChI=1S/C25H25NO5/c1-13-14(2)25(28)31-24-15(3)22(10-8-18(13)24)30-12-21(27)23-16(4)26(5)20-9-7-17(29-6)11-19(20)23/h7-11H,12H2,1-6H3. The molecule has 0 saturated carbocycles. The van der Waals surface area contributed by atoms with E-state index in [1.54, 1.807) is 14.0 Å². The van der Waals surface area contributed by atoms with Crippen molar-refractivity contribution in [3.8, 4) is 11.5 Å². The lowest BCUT2D eigenvalue weighted by atomic mass is 10.0. The molecule has 160 valence electrons. The highest BCUT2D eigenvalue weighted by Gasteiger charge is 2.20. The van der Waals surface area contributed by atoms with Gasteiger partial charge in [-0.05, 0) is 63.6 Å². The minimum atomic E-state index is -0.360. The number of Topliss-reactive ketones (excluding diaryl/α,β-unsaturated/α-hetero) is 1. The number of ether oxygens (including phenoxy) is 2. The molecule has 0 spiro atoms. The first-order valence-corrected chi connectivity index (χ1v) is 10.1. The van der Waals surface area contributed by atoms with Crippen LogP contribution in [0, 0.1) is 27.7 Å². The topological polar surface area (TPSA) is 70.7 Å². The quantitative estimate of drug-likeness (QED) is 0.344. The lowest BCUT2D eigenvalue weighted by Crippen LogP contribution is -2.14. The molecule has 2 aromatic heterocycles. The number of methoxy groups -OCH3 is 1. The zero-order valence-electron chi connectivity index (χ0n) is 18.6. The number of fused-ring (bicyclic) bond motifs is 2. The van der Waals surface area contributed by atoms with Gasteiger partial charge in [-0.1, -0.05) is 0 Å². The molecule has 6 nitrogen and oxygen atoms in total. The molecule has 4 aromatic rings. The average Bonchev–Trinajstić information content (AvgIpc) is 3.01. The molecular weight excluding hydrogens is 394 g/mol. The summed E-state index contributed by atoms with van der Waals surface area (Å²) >= 11 is 0. The summed E-state index contributed by atoms with van der Waals surface area (Å²) in [6.45, 7) is 7.27. The molecule has 2 heterocycles. The van der Waals surface area contributed by atoms with E-state index < -0.39 is 0 Å². The summed E-state index contributed by atoms with van der Waals surface area (Å²) < 4.78 is 18.7. The smallest absolute Gasteiger partial charge is 0.339 e. The van der Waals surface area contributed by atoms with Crippen LogP contribution in [0.2, 0.25) is 0 Å². The first-order chi connectivity index (χ1) is 14.7. The molecule has 0 saturated heterocycles. The van der Waals surface area contributed by atoms with Gasteiger partial charge in [0, 0.05) is 45.7 Å². The molecule has 4 rings (SSSR count). The summed E-state index contributed by atoms with van der Waals surface area (Å²) in [5.74, 6) is 1.08. The Kier molecular flexibility index (Phi) is 5.09. The Morgan fingerprint density at radius 1 is 1.00 bits per heavy atom. The van der Waals surface area contributed by atoms with Crippen molar-refractivity contribution in [3.63, 3.8) is 0 Å². The number of hydrogen-bond acceptors (Lipinski definition) is 5. The van der Waals surface area contributed by atoms with Gasteiger partial charge in [0.25, 0.3) is 0 Å². The number of ketones is 1. The third-order valence-electron chi connectivity index (χ3n) is 6.16. The number of aromatic nitrogens is 1. The van der Waals surface area contributed by atoms with Crippen molar-refractivity contribution in [1.82, 2.24) is 4.57 Å². The molecule has 0 aliphatic carbocycles. The fourth-order valence-electron chi connectivity index (χ4n) is 4.03. The zero-order chi connectivity index (χ0) is 22.4. The molecule has 31 heavy (non-hydrogen) atoms. The van der Waals surface area contributed by atoms with Crippen LogP contribution in [0.4, 0.5) is 0 Å². The molecule has 2 aromatic carbocycles. The average molecular weight is 419 g/mol. The van der Waals surface area contributed by atoms with E-state index >= 15 is 0 Å². The highest BCUT2D eigenvalue weighted by molar-refractivity contribution is 6.10. The van der Waals surface area contributed by atoms with E-state index in [4.69, 9.17) is 13.9 Å². The van der Waals surface area contributed by atoms with Gasteiger partial charge in [0.05, 0.1) is 7.11 Å². The monoisotopic (exact) mass is 419 g/mol. The molecule has 0 radical (unpaired) electrons. The van der Waals surface area contributed by atoms with Crippen LogP contribution in [0.25, 0.3) is 21.9 Å². The summed E-state index contributed by atoms with van der Waals surface area (Å²) in [5.41, 5.74) is 4.75. The van der Waals surface area contributed by atoms with Gasteiger partial charge in [0.1, 0.15) is 17.1 Å². The number of carbonyl (C=O) groups is 1. The maximum absolute atomic E-state index is 13.1. The minimum Gasteiger partial charge on any atom is -0.497 e. The lowest BCUT2D eigenvalue weighted by molar-refractivity contribution is 0.0922. The van der Waals surface area contributed by atoms with Crippen molar-refractivity contribution < 1.29 is 18.7 Å². The van der Waals surface area contributed by atoms with E-state index in [2.05, 4.69) is 0 Å². The Bertz CT molecular complexity index is 1410. The number of aryl methyl sites for hydroxylation is 3. The Balaban J connectivity index is 1.69. The van der Waals surface area contributed by atoms with Crippen LogP contribution >= 0.6 is 0 Å². The van der Waals surface area contributed by atoms with Crippen LogP contribution in [0.1, 0.15) is 32.7 Å². The van der Waals surface area contributed by atoms with E-state index in [1.807, 2.05) is 62.7 Å². The molecule has 0 amide bonds. The van der Waals surface area contributed by atoms with Crippen LogP contribution in [0.5, 0.6) is 11.5 Å². The molecule has 0 bridgehead atoms. The van der Waals surface area contributed by atoms with Gasteiger partial charge in [-0.25, -0.2) is 4.79 Å². The second-order valence-corrected chi connectivity index (χ2v) is 7.82. The molecule has 0 atom stereocenters. The predicted molar refractivity (Wildman–Crippen MR) is 121 cm³/mol. The number of carbonyl (C=O) groups excluding carboxylic acids is 1. The summed E-state index contributed by atoms with van der Waals surface area (Å²) in [5, 5.41) is 1.70. The summed E-state index contributed by atoms with van der Waals surface area (Å²) in [6.07, 6.45) is 0. The number of nitrogens with zero attached hydrogens (tertiary/aromatic N) is 1. The highest BCUT2D eigenvalue weighted by atomic mass is 16.5. The molecule has 0 unspecified atom stereocenters. The van der Waals surface area contributed by atoms with Gasteiger partial charge >= 0.3 is 5.63 Å². The lowest BCUT2D eigenvalue weighted by Gasteiger charge is -2.12. The van der Waals surface area contributed by atoms with E-state index in [0.717, 1.165) is 27.5 Å². The predicted octanol–water partition coefficient (Wildman–Crippen LogP) is 4.79. The second-order valence-electron chi connectivity index (χ2n) is 7.82.